The van der Waals surface area contributed by atoms with Crippen molar-refractivity contribution in [2.45, 2.75) is 24.8 Å². The Morgan fingerprint density at radius 3 is 2.33 bits per heavy atom. The van der Waals surface area contributed by atoms with Gasteiger partial charge in [0, 0.05) is 29.5 Å². The third-order valence-corrected chi connectivity index (χ3v) is 6.90. The molecule has 0 spiro atoms. The summed E-state index contributed by atoms with van der Waals surface area (Å²) in [4.78, 5) is 23.2. The Hall–Kier alpha value is -4.04. The Kier molecular flexibility index (Phi) is 6.52. The molecule has 0 atom stereocenters. The van der Waals surface area contributed by atoms with E-state index in [0.29, 0.717) is 44.9 Å². The summed E-state index contributed by atoms with van der Waals surface area (Å²) in [6, 6.07) is 20.7. The average Bonchev–Trinajstić information content (AvgIpc) is 3.27. The molecule has 3 aromatic carbocycles. The fraction of sp³-hybridized carbons (Fsp3) is 0.179. The minimum atomic E-state index is -0.170. The molecule has 0 N–H and O–H groups in total. The second-order valence-corrected chi connectivity index (χ2v) is 9.19. The second kappa shape index (κ2) is 9.91. The van der Waals surface area contributed by atoms with Gasteiger partial charge < -0.3 is 13.9 Å². The molecule has 5 rings (SSSR count). The zero-order valence-corrected chi connectivity index (χ0v) is 21.3. The molecule has 0 saturated heterocycles. The molecule has 0 fully saturated rings. The first kappa shape index (κ1) is 23.7. The maximum atomic E-state index is 13.6. The Balaban J connectivity index is 1.58. The number of fused-ring (bicyclic) bond motifs is 1. The van der Waals surface area contributed by atoms with Gasteiger partial charge in [0.15, 0.2) is 5.16 Å². The Morgan fingerprint density at radius 2 is 1.61 bits per heavy atom. The topological polar surface area (TPSA) is 79.4 Å². The van der Waals surface area contributed by atoms with Crippen molar-refractivity contribution in [3.63, 3.8) is 0 Å². The van der Waals surface area contributed by atoms with Crippen LogP contribution in [0.15, 0.2) is 81.1 Å². The van der Waals surface area contributed by atoms with E-state index in [1.54, 1.807) is 43.1 Å². The number of hydrogen-bond acceptors (Lipinski definition) is 7. The molecule has 2 aromatic heterocycles. The van der Waals surface area contributed by atoms with Crippen LogP contribution in [0.5, 0.6) is 11.5 Å². The molecule has 0 radical (unpaired) electrons. The maximum Gasteiger partial charge on any atom is 0.266 e. The van der Waals surface area contributed by atoms with Crippen molar-refractivity contribution in [1.82, 2.24) is 14.5 Å². The summed E-state index contributed by atoms with van der Waals surface area (Å²) in [7, 11) is 3.16. The minimum absolute atomic E-state index is 0.170. The van der Waals surface area contributed by atoms with Gasteiger partial charge in [-0.05, 0) is 37.6 Å². The molecular formula is C28H25N3O4S. The number of aryl methyl sites for hydroxylation is 2. The van der Waals surface area contributed by atoms with Crippen molar-refractivity contribution in [1.29, 1.82) is 0 Å². The van der Waals surface area contributed by atoms with E-state index in [0.717, 1.165) is 22.6 Å². The van der Waals surface area contributed by atoms with Crippen LogP contribution in [0.2, 0.25) is 0 Å². The van der Waals surface area contributed by atoms with E-state index >= 15 is 0 Å². The van der Waals surface area contributed by atoms with Crippen LogP contribution in [-0.2, 0) is 5.75 Å². The zero-order chi connectivity index (χ0) is 25.2. The average molecular weight is 500 g/mol. The predicted molar refractivity (Wildman–Crippen MR) is 141 cm³/mol. The van der Waals surface area contributed by atoms with E-state index in [4.69, 9.17) is 23.9 Å². The van der Waals surface area contributed by atoms with Crippen LogP contribution in [0.3, 0.4) is 0 Å². The van der Waals surface area contributed by atoms with Gasteiger partial charge in [0.2, 0.25) is 5.89 Å². The molecule has 36 heavy (non-hydrogen) atoms. The van der Waals surface area contributed by atoms with Crippen LogP contribution >= 0.6 is 11.8 Å². The number of ether oxygens (including phenoxy) is 2. The Bertz CT molecular complexity index is 1600. The van der Waals surface area contributed by atoms with Gasteiger partial charge in [-0.3, -0.25) is 9.36 Å². The van der Waals surface area contributed by atoms with E-state index in [-0.39, 0.29) is 5.56 Å². The van der Waals surface area contributed by atoms with Crippen molar-refractivity contribution in [3.8, 4) is 28.6 Å². The number of hydrogen-bond donors (Lipinski definition) is 0. The Morgan fingerprint density at radius 1 is 0.917 bits per heavy atom. The normalized spacial score (nSPS) is 11.1. The predicted octanol–water partition coefficient (Wildman–Crippen LogP) is 5.97. The monoisotopic (exact) mass is 499 g/mol. The highest BCUT2D eigenvalue weighted by Crippen LogP contribution is 2.31. The van der Waals surface area contributed by atoms with E-state index < -0.39 is 0 Å². The molecule has 8 heteroatoms. The Labute approximate surface area is 212 Å². The largest absolute Gasteiger partial charge is 0.497 e. The van der Waals surface area contributed by atoms with E-state index in [9.17, 15) is 4.79 Å². The van der Waals surface area contributed by atoms with Crippen LogP contribution in [-0.4, -0.2) is 28.8 Å². The van der Waals surface area contributed by atoms with Gasteiger partial charge in [0.05, 0.1) is 36.5 Å². The summed E-state index contributed by atoms with van der Waals surface area (Å²) in [5, 5.41) is 1.07. The van der Waals surface area contributed by atoms with Crippen LogP contribution in [0, 0.1) is 13.8 Å². The van der Waals surface area contributed by atoms with E-state index in [2.05, 4.69) is 0 Å². The highest BCUT2D eigenvalue weighted by atomic mass is 32.2. The first-order valence-electron chi connectivity index (χ1n) is 11.4. The number of methoxy groups -OCH3 is 2. The van der Waals surface area contributed by atoms with Crippen molar-refractivity contribution in [3.05, 3.63) is 94.1 Å². The lowest BCUT2D eigenvalue weighted by Crippen LogP contribution is -2.22. The summed E-state index contributed by atoms with van der Waals surface area (Å²) in [5.41, 5.74) is 3.92. The lowest BCUT2D eigenvalue weighted by atomic mass is 10.1. The van der Waals surface area contributed by atoms with Gasteiger partial charge in [0.1, 0.15) is 17.3 Å². The van der Waals surface area contributed by atoms with E-state index in [1.165, 1.54) is 11.8 Å². The van der Waals surface area contributed by atoms with Crippen molar-refractivity contribution in [2.75, 3.05) is 14.2 Å². The lowest BCUT2D eigenvalue weighted by Gasteiger charge is -2.15. The van der Waals surface area contributed by atoms with E-state index in [1.807, 2.05) is 56.3 Å². The van der Waals surface area contributed by atoms with Gasteiger partial charge in [-0.25, -0.2) is 9.97 Å². The standard InChI is InChI=1S/C28H25N3O4S/c1-17-9-5-6-10-22(17)26-29-25(18(2)35-26)16-36-28-30-24-12-8-7-11-23(24)27(32)31(28)19-13-20(33-3)15-21(14-19)34-4/h5-15H,16H2,1-4H3. The molecule has 0 unspecified atom stereocenters. The summed E-state index contributed by atoms with van der Waals surface area (Å²) in [5.74, 6) is 2.96. The molecule has 182 valence electrons. The number of rotatable bonds is 7. The second-order valence-electron chi connectivity index (χ2n) is 8.25. The summed E-state index contributed by atoms with van der Waals surface area (Å²) >= 11 is 1.43. The molecule has 5 aromatic rings. The van der Waals surface area contributed by atoms with Crippen molar-refractivity contribution in [2.24, 2.45) is 0 Å². The van der Waals surface area contributed by atoms with Crippen LogP contribution in [0.25, 0.3) is 28.0 Å². The SMILES string of the molecule is COc1cc(OC)cc(-n2c(SCc3nc(-c4ccccc4C)oc3C)nc3ccccc3c2=O)c1. The molecule has 0 saturated carbocycles. The fourth-order valence-corrected chi connectivity index (χ4v) is 5.00. The van der Waals surface area contributed by atoms with Gasteiger partial charge in [-0.2, -0.15) is 0 Å². The first-order valence-corrected chi connectivity index (χ1v) is 12.4. The number of para-hydroxylation sites is 1. The minimum Gasteiger partial charge on any atom is -0.497 e. The number of aromatic nitrogens is 3. The molecule has 2 heterocycles. The molecular weight excluding hydrogens is 474 g/mol. The smallest absolute Gasteiger partial charge is 0.266 e. The number of benzene rings is 3. The van der Waals surface area contributed by atoms with Crippen LogP contribution in [0.4, 0.5) is 0 Å². The molecule has 0 aliphatic rings. The first-order chi connectivity index (χ1) is 17.5. The van der Waals surface area contributed by atoms with Crippen LogP contribution in [0.1, 0.15) is 17.0 Å². The number of thioether (sulfide) groups is 1. The zero-order valence-electron chi connectivity index (χ0n) is 20.4. The number of nitrogens with zero attached hydrogens (tertiary/aromatic N) is 3. The quantitative estimate of drug-likeness (QED) is 0.202. The highest BCUT2D eigenvalue weighted by Gasteiger charge is 2.18. The molecule has 7 nitrogen and oxygen atoms in total. The molecule has 0 aliphatic carbocycles. The van der Waals surface area contributed by atoms with Gasteiger partial charge in [-0.1, -0.05) is 42.1 Å². The fourth-order valence-electron chi connectivity index (χ4n) is 3.98. The maximum absolute atomic E-state index is 13.6. The third kappa shape index (κ3) is 4.47. The van der Waals surface area contributed by atoms with Crippen molar-refractivity contribution >= 4 is 22.7 Å². The van der Waals surface area contributed by atoms with Gasteiger partial charge in [-0.15, -0.1) is 0 Å². The molecule has 0 amide bonds. The van der Waals surface area contributed by atoms with Gasteiger partial charge in [0.25, 0.3) is 5.56 Å². The van der Waals surface area contributed by atoms with Gasteiger partial charge >= 0.3 is 0 Å². The summed E-state index contributed by atoms with van der Waals surface area (Å²) in [6.45, 7) is 3.93. The summed E-state index contributed by atoms with van der Waals surface area (Å²) in [6.07, 6.45) is 0. The van der Waals surface area contributed by atoms with Crippen LogP contribution < -0.4 is 15.0 Å². The van der Waals surface area contributed by atoms with Crippen molar-refractivity contribution < 1.29 is 13.9 Å². The lowest BCUT2D eigenvalue weighted by molar-refractivity contribution is 0.394. The molecule has 0 aliphatic heterocycles. The molecule has 0 bridgehead atoms. The highest BCUT2D eigenvalue weighted by molar-refractivity contribution is 7.98. The summed E-state index contributed by atoms with van der Waals surface area (Å²) < 4.78 is 18.5. The third-order valence-electron chi connectivity index (χ3n) is 5.95. The number of oxazole rings is 1.